The molecule has 1 aliphatic carbocycles. The first-order valence-corrected chi connectivity index (χ1v) is 11.4. The van der Waals surface area contributed by atoms with E-state index in [1.54, 1.807) is 0 Å². The number of hydrogen-bond donors (Lipinski definition) is 3. The molecule has 3 heterocycles. The van der Waals surface area contributed by atoms with Gasteiger partial charge in [0.1, 0.15) is 0 Å². The van der Waals surface area contributed by atoms with E-state index in [2.05, 4.69) is 43.8 Å². The Morgan fingerprint density at radius 1 is 1.21 bits per heavy atom. The minimum Gasteiger partial charge on any atom is -0.381 e. The maximum Gasteiger partial charge on any atom is 0.180 e. The number of anilines is 2. The first kappa shape index (κ1) is 18.3. The molecule has 1 saturated carbocycles. The Balaban J connectivity index is 1.43. The topological polar surface area (TPSA) is 70.0 Å². The van der Waals surface area contributed by atoms with E-state index in [0.29, 0.717) is 17.2 Å². The highest BCUT2D eigenvalue weighted by atomic mass is 35.5. The van der Waals surface area contributed by atoms with Crippen molar-refractivity contribution in [2.45, 2.75) is 57.2 Å². The molecule has 1 atom stereocenters. The summed E-state index contributed by atoms with van der Waals surface area (Å²) in [5.41, 5.74) is 10.5. The van der Waals surface area contributed by atoms with Gasteiger partial charge in [-0.25, -0.2) is 4.98 Å². The normalized spacial score (nSPS) is 21.1. The summed E-state index contributed by atoms with van der Waals surface area (Å²) < 4.78 is 0. The average Bonchev–Trinajstić information content (AvgIpc) is 3.42. The zero-order valence-corrected chi connectivity index (χ0v) is 17.5. The largest absolute Gasteiger partial charge is 0.381 e. The lowest BCUT2D eigenvalue weighted by atomic mass is 10.1. The molecular formula is C21H26ClN5S. The first-order valence-electron chi connectivity index (χ1n) is 10.2. The number of aromatic amines is 1. The van der Waals surface area contributed by atoms with Crippen molar-refractivity contribution in [1.82, 2.24) is 14.9 Å². The number of nitrogens with one attached hydrogen (secondary N) is 2. The van der Waals surface area contributed by atoms with E-state index in [-0.39, 0.29) is 0 Å². The van der Waals surface area contributed by atoms with Crippen molar-refractivity contribution in [2.75, 3.05) is 17.6 Å². The molecule has 2 aromatic heterocycles. The van der Waals surface area contributed by atoms with Gasteiger partial charge in [0, 0.05) is 34.1 Å². The second-order valence-corrected chi connectivity index (χ2v) is 9.40. The zero-order chi connectivity index (χ0) is 19.1. The van der Waals surface area contributed by atoms with Gasteiger partial charge in [0.2, 0.25) is 0 Å². The van der Waals surface area contributed by atoms with E-state index in [0.717, 1.165) is 35.9 Å². The second-order valence-electron chi connectivity index (χ2n) is 8.07. The summed E-state index contributed by atoms with van der Waals surface area (Å²) in [6, 6.07) is 7.35. The molecule has 4 N–H and O–H groups in total. The van der Waals surface area contributed by atoms with Crippen LogP contribution in [0.4, 0.5) is 10.8 Å². The van der Waals surface area contributed by atoms with Gasteiger partial charge in [-0.05, 0) is 50.4 Å². The van der Waals surface area contributed by atoms with Gasteiger partial charge in [0.25, 0.3) is 0 Å². The highest BCUT2D eigenvalue weighted by Crippen LogP contribution is 2.37. The summed E-state index contributed by atoms with van der Waals surface area (Å²) in [6.07, 6.45) is 7.48. The van der Waals surface area contributed by atoms with Gasteiger partial charge in [-0.3, -0.25) is 4.90 Å². The van der Waals surface area contributed by atoms with Crippen LogP contribution in [0, 0.1) is 0 Å². The molecule has 28 heavy (non-hydrogen) atoms. The highest BCUT2D eigenvalue weighted by molar-refractivity contribution is 7.13. The third-order valence-corrected chi connectivity index (χ3v) is 7.03. The monoisotopic (exact) mass is 415 g/mol. The summed E-state index contributed by atoms with van der Waals surface area (Å²) >= 11 is 7.95. The quantitative estimate of drug-likeness (QED) is 0.510. The smallest absolute Gasteiger partial charge is 0.180 e. The van der Waals surface area contributed by atoms with E-state index >= 15 is 0 Å². The van der Waals surface area contributed by atoms with Crippen molar-refractivity contribution in [3.63, 3.8) is 0 Å². The minimum atomic E-state index is 0.383. The molecule has 0 bridgehead atoms. The molecule has 7 heteroatoms. The maximum atomic E-state index is 6.43. The van der Waals surface area contributed by atoms with Crippen LogP contribution in [0.15, 0.2) is 23.6 Å². The van der Waals surface area contributed by atoms with Gasteiger partial charge < -0.3 is 16.0 Å². The molecule has 5 nitrogen and oxygen atoms in total. The summed E-state index contributed by atoms with van der Waals surface area (Å²) in [7, 11) is 0. The van der Waals surface area contributed by atoms with E-state index in [9.17, 15) is 0 Å². The number of benzene rings is 1. The maximum absolute atomic E-state index is 6.43. The predicted octanol–water partition coefficient (Wildman–Crippen LogP) is 5.55. The van der Waals surface area contributed by atoms with Crippen LogP contribution >= 0.6 is 22.9 Å². The molecule has 0 radical (unpaired) electrons. The van der Waals surface area contributed by atoms with Crippen LogP contribution in [0.1, 0.15) is 56.0 Å². The first-order chi connectivity index (χ1) is 13.7. The molecule has 2 fully saturated rings. The fourth-order valence-electron chi connectivity index (χ4n) is 4.78. The number of aromatic nitrogens is 2. The van der Waals surface area contributed by atoms with Crippen LogP contribution in [-0.2, 0) is 6.54 Å². The van der Waals surface area contributed by atoms with Crippen LogP contribution < -0.4 is 11.1 Å². The predicted molar refractivity (Wildman–Crippen MR) is 118 cm³/mol. The molecule has 2 aliphatic rings. The molecular weight excluding hydrogens is 390 g/mol. The number of hydrogen-bond acceptors (Lipinski definition) is 5. The van der Waals surface area contributed by atoms with Gasteiger partial charge in [0.05, 0.1) is 22.9 Å². The van der Waals surface area contributed by atoms with Crippen molar-refractivity contribution in [3.05, 3.63) is 40.0 Å². The van der Waals surface area contributed by atoms with Gasteiger partial charge in [0.15, 0.2) is 5.13 Å². The Kier molecular flexibility index (Phi) is 4.95. The number of halogens is 1. The van der Waals surface area contributed by atoms with Crippen LogP contribution in [0.2, 0.25) is 5.02 Å². The molecule has 5 rings (SSSR count). The highest BCUT2D eigenvalue weighted by Gasteiger charge is 2.28. The molecule has 0 unspecified atom stereocenters. The van der Waals surface area contributed by atoms with Crippen molar-refractivity contribution < 1.29 is 0 Å². The zero-order valence-electron chi connectivity index (χ0n) is 15.9. The third-order valence-electron chi connectivity index (χ3n) is 6.09. The summed E-state index contributed by atoms with van der Waals surface area (Å²) in [4.78, 5) is 10.7. The molecule has 148 valence electrons. The number of nitrogens with zero attached hydrogens (tertiary/aromatic N) is 2. The Hall–Kier alpha value is -1.76. The number of likely N-dealkylation sites (tertiary alicyclic amines) is 1. The van der Waals surface area contributed by atoms with Crippen molar-refractivity contribution in [3.8, 4) is 0 Å². The fourth-order valence-corrected chi connectivity index (χ4v) is 5.56. The van der Waals surface area contributed by atoms with E-state index in [1.807, 2.05) is 0 Å². The minimum absolute atomic E-state index is 0.383. The summed E-state index contributed by atoms with van der Waals surface area (Å²) in [5.74, 6) is 0. The number of nitrogens with two attached hydrogens (primary N) is 1. The number of rotatable bonds is 5. The Bertz CT molecular complexity index is 974. The van der Waals surface area contributed by atoms with Crippen LogP contribution in [0.25, 0.3) is 10.9 Å². The van der Waals surface area contributed by atoms with Crippen molar-refractivity contribution >= 4 is 44.7 Å². The molecule has 1 aromatic carbocycles. The van der Waals surface area contributed by atoms with E-state index in [4.69, 9.17) is 17.3 Å². The van der Waals surface area contributed by atoms with E-state index < -0.39 is 0 Å². The molecule has 0 amide bonds. The summed E-state index contributed by atoms with van der Waals surface area (Å²) in [5, 5.41) is 8.43. The Labute approximate surface area is 174 Å². The Morgan fingerprint density at radius 2 is 2.07 bits per heavy atom. The van der Waals surface area contributed by atoms with Crippen molar-refractivity contribution in [2.24, 2.45) is 0 Å². The lowest BCUT2D eigenvalue weighted by molar-refractivity contribution is 0.243. The van der Waals surface area contributed by atoms with Gasteiger partial charge in [-0.1, -0.05) is 24.4 Å². The molecule has 0 spiro atoms. The van der Waals surface area contributed by atoms with Gasteiger partial charge >= 0.3 is 0 Å². The third kappa shape index (κ3) is 3.61. The summed E-state index contributed by atoms with van der Waals surface area (Å²) in [6.45, 7) is 1.94. The van der Waals surface area contributed by atoms with Gasteiger partial charge in [-0.2, -0.15) is 0 Å². The fraction of sp³-hybridized carbons (Fsp3) is 0.476. The number of H-pyrrole nitrogens is 1. The molecule has 3 aromatic rings. The molecule has 1 aliphatic heterocycles. The van der Waals surface area contributed by atoms with E-state index in [1.165, 1.54) is 60.0 Å². The van der Waals surface area contributed by atoms with Crippen LogP contribution in [0.5, 0.6) is 0 Å². The van der Waals surface area contributed by atoms with Crippen LogP contribution in [0.3, 0.4) is 0 Å². The lowest BCUT2D eigenvalue weighted by Crippen LogP contribution is -2.23. The number of nitrogen functional groups attached to an aromatic ring is 1. The SMILES string of the molecule is Nc1nc(CN2CCC[C@H]2c2cc3cc(Cl)cc(NC4CCCC4)c3[nH]2)cs1. The molecule has 1 saturated heterocycles. The standard InChI is InChI=1S/C21H26ClN5S/c22-14-8-13-9-17(26-20(13)18(10-14)24-15-4-1-2-5-15)19-6-3-7-27(19)11-16-12-28-21(23)25-16/h8-10,12,15,19,24,26H,1-7,11H2,(H2,23,25)/t19-/m0/s1. The van der Waals surface area contributed by atoms with Crippen LogP contribution in [-0.4, -0.2) is 27.5 Å². The van der Waals surface area contributed by atoms with Crippen molar-refractivity contribution in [1.29, 1.82) is 0 Å². The lowest BCUT2D eigenvalue weighted by Gasteiger charge is -2.22. The second kappa shape index (κ2) is 7.58. The number of thiazole rings is 1. The average molecular weight is 416 g/mol. The number of fused-ring (bicyclic) bond motifs is 1. The Morgan fingerprint density at radius 3 is 2.86 bits per heavy atom. The van der Waals surface area contributed by atoms with Gasteiger partial charge in [-0.15, -0.1) is 11.3 Å².